The Morgan fingerprint density at radius 3 is 2.67 bits per heavy atom. The van der Waals surface area contributed by atoms with Crippen molar-refractivity contribution < 1.29 is 4.79 Å². The summed E-state index contributed by atoms with van der Waals surface area (Å²) in [4.78, 5) is 10.7. The molecule has 0 aliphatic rings. The Morgan fingerprint density at radius 1 is 1.78 bits per heavy atom. The molecule has 3 heteroatoms. The summed E-state index contributed by atoms with van der Waals surface area (Å²) in [5.41, 5.74) is 0.639. The molecule has 0 fully saturated rings. The predicted molar refractivity (Wildman–Crippen MR) is 41.4 cm³/mol. The van der Waals surface area contributed by atoms with Crippen molar-refractivity contribution in [2.45, 2.75) is 13.8 Å². The van der Waals surface area contributed by atoms with Crippen molar-refractivity contribution in [2.75, 3.05) is 6.54 Å². The van der Waals surface area contributed by atoms with Crippen molar-refractivity contribution in [1.82, 2.24) is 5.32 Å². The third-order valence-corrected chi connectivity index (χ3v) is 1.28. The third-order valence-electron chi connectivity index (χ3n) is 0.889. The number of nitrogens with one attached hydrogen (secondary N) is 1. The number of likely N-dealkylation sites (N-methyl/N-ethyl adjacent to an activating group) is 1. The summed E-state index contributed by atoms with van der Waals surface area (Å²) < 4.78 is 0. The number of carbonyl (C=O) groups is 1. The molecular weight excluding hydrogens is 134 g/mol. The smallest absolute Gasteiger partial charge is 0.247 e. The second-order valence-electron chi connectivity index (χ2n) is 1.67. The summed E-state index contributed by atoms with van der Waals surface area (Å²) in [5.74, 6) is -0.0486. The summed E-state index contributed by atoms with van der Waals surface area (Å²) in [5, 5.41) is 4.13. The SMILES string of the molecule is CCNC(=O)/C(C)=C/S. The molecule has 0 radical (unpaired) electrons. The van der Waals surface area contributed by atoms with E-state index in [2.05, 4.69) is 17.9 Å². The van der Waals surface area contributed by atoms with Crippen LogP contribution in [0, 0.1) is 0 Å². The quantitative estimate of drug-likeness (QED) is 0.440. The minimum absolute atomic E-state index is 0.0486. The molecule has 0 rings (SSSR count). The fraction of sp³-hybridized carbons (Fsp3) is 0.500. The van der Waals surface area contributed by atoms with Crippen molar-refractivity contribution in [3.8, 4) is 0 Å². The molecule has 0 unspecified atom stereocenters. The van der Waals surface area contributed by atoms with Crippen molar-refractivity contribution in [1.29, 1.82) is 0 Å². The van der Waals surface area contributed by atoms with Crippen LogP contribution in [0.3, 0.4) is 0 Å². The second-order valence-corrected chi connectivity index (χ2v) is 1.93. The van der Waals surface area contributed by atoms with Gasteiger partial charge in [0.05, 0.1) is 0 Å². The van der Waals surface area contributed by atoms with Crippen LogP contribution in [0.2, 0.25) is 0 Å². The monoisotopic (exact) mass is 145 g/mol. The van der Waals surface area contributed by atoms with E-state index < -0.39 is 0 Å². The minimum Gasteiger partial charge on any atom is -0.353 e. The fourth-order valence-corrected chi connectivity index (χ4v) is 0.476. The van der Waals surface area contributed by atoms with Gasteiger partial charge in [0.15, 0.2) is 0 Å². The highest BCUT2D eigenvalue weighted by Crippen LogP contribution is 1.92. The maximum Gasteiger partial charge on any atom is 0.247 e. The fourth-order valence-electron chi connectivity index (χ4n) is 0.359. The highest BCUT2D eigenvalue weighted by molar-refractivity contribution is 7.83. The largest absolute Gasteiger partial charge is 0.353 e. The summed E-state index contributed by atoms with van der Waals surface area (Å²) in [7, 11) is 0. The lowest BCUT2D eigenvalue weighted by molar-refractivity contribution is -0.117. The molecule has 0 heterocycles. The van der Waals surface area contributed by atoms with Gasteiger partial charge in [0.1, 0.15) is 0 Å². The first kappa shape index (κ1) is 8.56. The lowest BCUT2D eigenvalue weighted by Crippen LogP contribution is -2.22. The standard InChI is InChI=1S/C6H11NOS/c1-3-7-6(8)5(2)4-9/h4,9H,3H2,1-2H3,(H,7,8)/b5-4+. The van der Waals surface area contributed by atoms with E-state index in [4.69, 9.17) is 0 Å². The van der Waals surface area contributed by atoms with Gasteiger partial charge in [0.2, 0.25) is 5.91 Å². The van der Waals surface area contributed by atoms with Crippen molar-refractivity contribution in [2.24, 2.45) is 0 Å². The Morgan fingerprint density at radius 2 is 2.33 bits per heavy atom. The minimum atomic E-state index is -0.0486. The van der Waals surface area contributed by atoms with Gasteiger partial charge >= 0.3 is 0 Å². The molecule has 1 amide bonds. The van der Waals surface area contributed by atoms with Gasteiger partial charge in [0.25, 0.3) is 0 Å². The van der Waals surface area contributed by atoms with Crippen molar-refractivity contribution in [3.05, 3.63) is 11.0 Å². The van der Waals surface area contributed by atoms with Crippen LogP contribution in [-0.2, 0) is 4.79 Å². The van der Waals surface area contributed by atoms with Gasteiger partial charge in [-0.25, -0.2) is 0 Å². The molecule has 2 nitrogen and oxygen atoms in total. The van der Waals surface area contributed by atoms with Crippen molar-refractivity contribution >= 4 is 18.5 Å². The molecule has 0 aromatic carbocycles. The molecule has 0 aliphatic carbocycles. The Bertz CT molecular complexity index is 131. The Kier molecular flexibility index (Phi) is 4.22. The van der Waals surface area contributed by atoms with Gasteiger partial charge in [-0.05, 0) is 19.3 Å². The molecule has 52 valence electrons. The van der Waals surface area contributed by atoms with E-state index in [9.17, 15) is 4.79 Å². The van der Waals surface area contributed by atoms with E-state index in [1.54, 1.807) is 6.92 Å². The lowest BCUT2D eigenvalue weighted by atomic mass is 10.3. The first-order valence-corrected chi connectivity index (χ1v) is 3.33. The molecular formula is C6H11NOS. The van der Waals surface area contributed by atoms with Gasteiger partial charge in [0, 0.05) is 12.1 Å². The van der Waals surface area contributed by atoms with E-state index >= 15 is 0 Å². The molecule has 0 aromatic heterocycles. The summed E-state index contributed by atoms with van der Waals surface area (Å²) >= 11 is 3.82. The summed E-state index contributed by atoms with van der Waals surface area (Å²) in [6.07, 6.45) is 0. The number of hydrogen-bond donors (Lipinski definition) is 2. The number of thiol groups is 1. The molecule has 0 saturated heterocycles. The van der Waals surface area contributed by atoms with Gasteiger partial charge in [-0.15, -0.1) is 0 Å². The Labute approximate surface area is 60.7 Å². The average Bonchev–Trinajstić information content (AvgIpc) is 1.87. The number of rotatable bonds is 2. The average molecular weight is 145 g/mol. The van der Waals surface area contributed by atoms with Gasteiger partial charge in [-0.3, -0.25) is 4.79 Å². The summed E-state index contributed by atoms with van der Waals surface area (Å²) in [6.45, 7) is 4.26. The molecule has 0 bridgehead atoms. The number of carbonyl (C=O) groups excluding carboxylic acids is 1. The Balaban J connectivity index is 3.74. The zero-order chi connectivity index (χ0) is 7.28. The van der Waals surface area contributed by atoms with E-state index in [1.807, 2.05) is 6.92 Å². The second kappa shape index (κ2) is 4.44. The van der Waals surface area contributed by atoms with Crippen LogP contribution in [0.5, 0.6) is 0 Å². The predicted octanol–water partition coefficient (Wildman–Crippen LogP) is 0.956. The first-order chi connectivity index (χ1) is 4.22. The van der Waals surface area contributed by atoms with Crippen LogP contribution in [-0.4, -0.2) is 12.5 Å². The van der Waals surface area contributed by atoms with Crippen LogP contribution in [0.25, 0.3) is 0 Å². The van der Waals surface area contributed by atoms with E-state index in [-0.39, 0.29) is 5.91 Å². The third kappa shape index (κ3) is 3.19. The first-order valence-electron chi connectivity index (χ1n) is 2.81. The van der Waals surface area contributed by atoms with Gasteiger partial charge in [-0.2, -0.15) is 12.6 Å². The van der Waals surface area contributed by atoms with Crippen LogP contribution in [0.1, 0.15) is 13.8 Å². The van der Waals surface area contributed by atoms with Crippen LogP contribution < -0.4 is 5.32 Å². The molecule has 1 N–H and O–H groups in total. The molecule has 0 aliphatic heterocycles. The van der Waals surface area contributed by atoms with Crippen LogP contribution in [0.4, 0.5) is 0 Å². The maximum absolute atomic E-state index is 10.7. The molecule has 0 saturated carbocycles. The van der Waals surface area contributed by atoms with Crippen LogP contribution in [0.15, 0.2) is 11.0 Å². The number of hydrogen-bond acceptors (Lipinski definition) is 2. The molecule has 0 atom stereocenters. The summed E-state index contributed by atoms with van der Waals surface area (Å²) in [6, 6.07) is 0. The van der Waals surface area contributed by atoms with Gasteiger partial charge < -0.3 is 5.32 Å². The molecule has 0 spiro atoms. The van der Waals surface area contributed by atoms with E-state index in [0.29, 0.717) is 12.1 Å². The normalized spacial score (nSPS) is 11.2. The van der Waals surface area contributed by atoms with E-state index in [0.717, 1.165) is 0 Å². The Hall–Kier alpha value is -0.440. The van der Waals surface area contributed by atoms with Crippen LogP contribution >= 0.6 is 12.6 Å². The number of amides is 1. The topological polar surface area (TPSA) is 29.1 Å². The maximum atomic E-state index is 10.7. The zero-order valence-electron chi connectivity index (χ0n) is 5.64. The highest BCUT2D eigenvalue weighted by atomic mass is 32.1. The molecule has 0 aromatic rings. The lowest BCUT2D eigenvalue weighted by Gasteiger charge is -1.98. The zero-order valence-corrected chi connectivity index (χ0v) is 6.53. The van der Waals surface area contributed by atoms with E-state index in [1.165, 1.54) is 5.41 Å². The van der Waals surface area contributed by atoms with Crippen molar-refractivity contribution in [3.63, 3.8) is 0 Å². The highest BCUT2D eigenvalue weighted by Gasteiger charge is 1.97. The molecule has 9 heavy (non-hydrogen) atoms. The van der Waals surface area contributed by atoms with Gasteiger partial charge in [-0.1, -0.05) is 0 Å².